The van der Waals surface area contributed by atoms with Gasteiger partial charge in [0.15, 0.2) is 0 Å². The third-order valence-corrected chi connectivity index (χ3v) is 2.32. The van der Waals surface area contributed by atoms with Gasteiger partial charge in [-0.1, -0.05) is 6.92 Å². The van der Waals surface area contributed by atoms with Gasteiger partial charge in [-0.2, -0.15) is 0 Å². The van der Waals surface area contributed by atoms with Crippen molar-refractivity contribution in [2.45, 2.75) is 6.92 Å². The molecular formula is C11H15FN2O3. The molecule has 1 atom stereocenters. The van der Waals surface area contributed by atoms with E-state index in [9.17, 15) is 9.18 Å². The third-order valence-electron chi connectivity index (χ3n) is 2.32. The minimum absolute atomic E-state index is 0.00258. The van der Waals surface area contributed by atoms with E-state index in [1.165, 1.54) is 0 Å². The number of nitrogens with two attached hydrogens (primary N) is 1. The SMILES string of the molecule is CC(CO)CNc1cc(F)c(C(=O)O)cc1N. The number of hydrogen-bond acceptors (Lipinski definition) is 4. The summed E-state index contributed by atoms with van der Waals surface area (Å²) in [6.45, 7) is 2.24. The summed E-state index contributed by atoms with van der Waals surface area (Å²) in [4.78, 5) is 10.6. The lowest BCUT2D eigenvalue weighted by Gasteiger charge is -2.13. The first-order valence-electron chi connectivity index (χ1n) is 5.12. The van der Waals surface area contributed by atoms with Crippen LogP contribution < -0.4 is 11.1 Å². The number of carboxylic acid groups (broad SMARTS) is 1. The number of rotatable bonds is 5. The van der Waals surface area contributed by atoms with Gasteiger partial charge in [-0.25, -0.2) is 9.18 Å². The second-order valence-corrected chi connectivity index (χ2v) is 3.89. The van der Waals surface area contributed by atoms with Gasteiger partial charge in [0, 0.05) is 13.2 Å². The smallest absolute Gasteiger partial charge is 0.338 e. The highest BCUT2D eigenvalue weighted by Crippen LogP contribution is 2.23. The summed E-state index contributed by atoms with van der Waals surface area (Å²) in [6.07, 6.45) is 0. The first kappa shape index (κ1) is 13.2. The molecule has 0 bridgehead atoms. The van der Waals surface area contributed by atoms with E-state index in [-0.39, 0.29) is 18.2 Å². The second-order valence-electron chi connectivity index (χ2n) is 3.89. The Labute approximate surface area is 98.1 Å². The van der Waals surface area contributed by atoms with Crippen molar-refractivity contribution in [1.82, 2.24) is 0 Å². The van der Waals surface area contributed by atoms with Gasteiger partial charge >= 0.3 is 5.97 Å². The standard InChI is InChI=1S/C11H15FN2O3/c1-6(5-15)4-14-10-3-8(12)7(11(16)17)2-9(10)13/h2-3,6,14-15H,4-5,13H2,1H3,(H,16,17). The molecule has 0 aromatic heterocycles. The molecule has 1 unspecified atom stereocenters. The van der Waals surface area contributed by atoms with Crippen LogP contribution in [-0.2, 0) is 0 Å². The summed E-state index contributed by atoms with van der Waals surface area (Å²) in [5.74, 6) is -2.20. The Kier molecular flexibility index (Phi) is 4.28. The average molecular weight is 242 g/mol. The molecule has 0 aliphatic heterocycles. The highest BCUT2D eigenvalue weighted by molar-refractivity contribution is 5.90. The molecule has 17 heavy (non-hydrogen) atoms. The summed E-state index contributed by atoms with van der Waals surface area (Å²) >= 11 is 0. The maximum absolute atomic E-state index is 13.4. The molecule has 0 fully saturated rings. The van der Waals surface area contributed by atoms with Crippen LogP contribution in [0.2, 0.25) is 0 Å². The molecule has 0 saturated carbocycles. The monoisotopic (exact) mass is 242 g/mol. The number of aliphatic hydroxyl groups excluding tert-OH is 1. The number of halogens is 1. The van der Waals surface area contributed by atoms with E-state index >= 15 is 0 Å². The molecule has 94 valence electrons. The maximum atomic E-state index is 13.4. The van der Waals surface area contributed by atoms with Gasteiger partial charge in [-0.3, -0.25) is 0 Å². The van der Waals surface area contributed by atoms with Crippen LogP contribution >= 0.6 is 0 Å². The number of carboxylic acids is 1. The molecule has 0 aliphatic carbocycles. The maximum Gasteiger partial charge on any atom is 0.338 e. The van der Waals surface area contributed by atoms with Gasteiger partial charge in [0.1, 0.15) is 5.82 Å². The van der Waals surface area contributed by atoms with E-state index in [0.29, 0.717) is 12.2 Å². The molecule has 0 amide bonds. The van der Waals surface area contributed by atoms with E-state index in [0.717, 1.165) is 12.1 Å². The van der Waals surface area contributed by atoms with E-state index in [1.54, 1.807) is 0 Å². The topological polar surface area (TPSA) is 95.6 Å². The van der Waals surface area contributed by atoms with Crippen LogP contribution in [0.15, 0.2) is 12.1 Å². The van der Waals surface area contributed by atoms with Gasteiger partial charge in [0.25, 0.3) is 0 Å². The average Bonchev–Trinajstić information content (AvgIpc) is 2.28. The van der Waals surface area contributed by atoms with Gasteiger partial charge in [0.05, 0.1) is 16.9 Å². The van der Waals surface area contributed by atoms with Crippen LogP contribution in [-0.4, -0.2) is 29.3 Å². The highest BCUT2D eigenvalue weighted by Gasteiger charge is 2.13. The molecule has 0 radical (unpaired) electrons. The predicted octanol–water partition coefficient (Wildman–Crippen LogP) is 1.15. The summed E-state index contributed by atoms with van der Waals surface area (Å²) in [7, 11) is 0. The van der Waals surface area contributed by atoms with Crippen molar-refractivity contribution in [3.05, 3.63) is 23.5 Å². The second kappa shape index (κ2) is 5.49. The molecule has 0 heterocycles. The van der Waals surface area contributed by atoms with Crippen molar-refractivity contribution in [3.63, 3.8) is 0 Å². The van der Waals surface area contributed by atoms with Gasteiger partial charge in [-0.05, 0) is 18.1 Å². The third kappa shape index (κ3) is 3.32. The van der Waals surface area contributed by atoms with Crippen LogP contribution in [0.25, 0.3) is 0 Å². The van der Waals surface area contributed by atoms with Crippen molar-refractivity contribution in [3.8, 4) is 0 Å². The van der Waals surface area contributed by atoms with E-state index < -0.39 is 17.3 Å². The fourth-order valence-corrected chi connectivity index (χ4v) is 1.26. The summed E-state index contributed by atoms with van der Waals surface area (Å²) in [5.41, 5.74) is 5.63. The van der Waals surface area contributed by atoms with Crippen LogP contribution in [0.3, 0.4) is 0 Å². The molecular weight excluding hydrogens is 227 g/mol. The molecule has 5 nitrogen and oxygen atoms in total. The van der Waals surface area contributed by atoms with Crippen LogP contribution in [0, 0.1) is 11.7 Å². The Balaban J connectivity index is 2.88. The Morgan fingerprint density at radius 1 is 1.59 bits per heavy atom. The fourth-order valence-electron chi connectivity index (χ4n) is 1.26. The highest BCUT2D eigenvalue weighted by atomic mass is 19.1. The number of nitrogen functional groups attached to an aromatic ring is 1. The van der Waals surface area contributed by atoms with Gasteiger partial charge < -0.3 is 21.3 Å². The number of aliphatic hydroxyl groups is 1. The first-order chi connectivity index (χ1) is 7.95. The number of aromatic carboxylic acids is 1. The Morgan fingerprint density at radius 3 is 2.76 bits per heavy atom. The molecule has 1 rings (SSSR count). The van der Waals surface area contributed by atoms with E-state index in [1.807, 2.05) is 6.92 Å². The summed E-state index contributed by atoms with van der Waals surface area (Å²) < 4.78 is 13.4. The van der Waals surface area contributed by atoms with Crippen LogP contribution in [0.1, 0.15) is 17.3 Å². The van der Waals surface area contributed by atoms with Crippen molar-refractivity contribution in [2.24, 2.45) is 5.92 Å². The zero-order chi connectivity index (χ0) is 13.0. The lowest BCUT2D eigenvalue weighted by molar-refractivity contribution is 0.0692. The van der Waals surface area contributed by atoms with Crippen LogP contribution in [0.4, 0.5) is 15.8 Å². The molecule has 1 aromatic carbocycles. The number of nitrogens with one attached hydrogen (secondary N) is 1. The molecule has 6 heteroatoms. The van der Waals surface area contributed by atoms with Crippen molar-refractivity contribution < 1.29 is 19.4 Å². The zero-order valence-corrected chi connectivity index (χ0v) is 9.40. The number of anilines is 2. The minimum atomic E-state index is -1.36. The van der Waals surface area contributed by atoms with Crippen LogP contribution in [0.5, 0.6) is 0 Å². The summed E-state index contributed by atoms with van der Waals surface area (Å²) in [6, 6.07) is 2.12. The molecule has 0 saturated heterocycles. The number of benzene rings is 1. The fraction of sp³-hybridized carbons (Fsp3) is 0.364. The molecule has 0 spiro atoms. The summed E-state index contributed by atoms with van der Waals surface area (Å²) in [5, 5.41) is 20.4. The van der Waals surface area contributed by atoms with Gasteiger partial charge in [0.2, 0.25) is 0 Å². The molecule has 0 aliphatic rings. The van der Waals surface area contributed by atoms with E-state index in [4.69, 9.17) is 15.9 Å². The lowest BCUT2D eigenvalue weighted by Crippen LogP contribution is -2.16. The quantitative estimate of drug-likeness (QED) is 0.581. The zero-order valence-electron chi connectivity index (χ0n) is 9.40. The van der Waals surface area contributed by atoms with E-state index in [2.05, 4.69) is 5.32 Å². The van der Waals surface area contributed by atoms with Crippen molar-refractivity contribution in [2.75, 3.05) is 24.2 Å². The normalized spacial score (nSPS) is 12.2. The Morgan fingerprint density at radius 2 is 2.24 bits per heavy atom. The first-order valence-corrected chi connectivity index (χ1v) is 5.12. The largest absolute Gasteiger partial charge is 0.478 e. The predicted molar refractivity (Wildman–Crippen MR) is 62.5 cm³/mol. The Hall–Kier alpha value is -1.82. The van der Waals surface area contributed by atoms with Crippen molar-refractivity contribution in [1.29, 1.82) is 0 Å². The van der Waals surface area contributed by atoms with Gasteiger partial charge in [-0.15, -0.1) is 0 Å². The van der Waals surface area contributed by atoms with Crippen molar-refractivity contribution >= 4 is 17.3 Å². The lowest BCUT2D eigenvalue weighted by atomic mass is 10.1. The minimum Gasteiger partial charge on any atom is -0.478 e. The molecule has 5 N–H and O–H groups in total. The number of carbonyl (C=O) groups is 1. The molecule has 1 aromatic rings. The Bertz CT molecular complexity index is 423. The number of hydrogen-bond donors (Lipinski definition) is 4.